The zero-order valence-electron chi connectivity index (χ0n) is 25.3. The SMILES string of the molecule is COc1cc(-c2cccc(-c3cccc(NC(=O)c4cn(C)c(=O)n(C)c4=O)c3Cl)c2C)cc(F)c1CNC1CCC(=O)NC1. The third-order valence-electron chi connectivity index (χ3n) is 8.08. The number of hydrogen-bond donors (Lipinski definition) is 3. The molecule has 0 bridgehead atoms. The average molecular weight is 634 g/mol. The van der Waals surface area contributed by atoms with Crippen LogP contribution in [0, 0.1) is 12.7 Å². The Balaban J connectivity index is 1.44. The highest BCUT2D eigenvalue weighted by atomic mass is 35.5. The molecule has 234 valence electrons. The van der Waals surface area contributed by atoms with Gasteiger partial charge in [-0.15, -0.1) is 0 Å². The van der Waals surface area contributed by atoms with Crippen LogP contribution in [0.15, 0.2) is 64.3 Å². The molecule has 2 heterocycles. The van der Waals surface area contributed by atoms with Crippen LogP contribution in [0.2, 0.25) is 5.02 Å². The van der Waals surface area contributed by atoms with Crippen molar-refractivity contribution in [3.05, 3.63) is 103 Å². The van der Waals surface area contributed by atoms with Crippen molar-refractivity contribution in [3.63, 3.8) is 0 Å². The number of halogens is 2. The molecule has 5 rings (SSSR count). The van der Waals surface area contributed by atoms with Gasteiger partial charge in [0.15, 0.2) is 0 Å². The van der Waals surface area contributed by atoms with E-state index < -0.39 is 23.0 Å². The van der Waals surface area contributed by atoms with Crippen molar-refractivity contribution in [1.82, 2.24) is 19.8 Å². The third-order valence-corrected chi connectivity index (χ3v) is 8.49. The molecule has 1 saturated heterocycles. The van der Waals surface area contributed by atoms with E-state index >= 15 is 4.39 Å². The Labute approximate surface area is 263 Å². The smallest absolute Gasteiger partial charge is 0.330 e. The van der Waals surface area contributed by atoms with E-state index in [-0.39, 0.29) is 34.8 Å². The van der Waals surface area contributed by atoms with Crippen LogP contribution >= 0.6 is 11.6 Å². The molecule has 3 aromatic carbocycles. The predicted molar refractivity (Wildman–Crippen MR) is 171 cm³/mol. The fourth-order valence-electron chi connectivity index (χ4n) is 5.50. The summed E-state index contributed by atoms with van der Waals surface area (Å²) in [5, 5.41) is 9.07. The number of anilines is 1. The van der Waals surface area contributed by atoms with Gasteiger partial charge in [0.2, 0.25) is 5.91 Å². The second-order valence-electron chi connectivity index (χ2n) is 11.0. The minimum absolute atomic E-state index is 0.0184. The molecule has 0 saturated carbocycles. The Bertz CT molecular complexity index is 1930. The van der Waals surface area contributed by atoms with E-state index in [1.165, 1.54) is 33.5 Å². The van der Waals surface area contributed by atoms with E-state index in [2.05, 4.69) is 16.0 Å². The highest BCUT2D eigenvalue weighted by Crippen LogP contribution is 2.39. The summed E-state index contributed by atoms with van der Waals surface area (Å²) in [6, 6.07) is 14.1. The van der Waals surface area contributed by atoms with E-state index in [1.807, 2.05) is 25.1 Å². The number of methoxy groups -OCH3 is 1. The molecule has 1 unspecified atom stereocenters. The van der Waals surface area contributed by atoms with Crippen molar-refractivity contribution in [2.24, 2.45) is 14.1 Å². The van der Waals surface area contributed by atoms with Crippen molar-refractivity contribution in [2.45, 2.75) is 32.4 Å². The third kappa shape index (κ3) is 6.40. The van der Waals surface area contributed by atoms with Gasteiger partial charge in [0.1, 0.15) is 17.1 Å². The maximum Gasteiger partial charge on any atom is 0.330 e. The number of piperidine rings is 1. The van der Waals surface area contributed by atoms with Crippen LogP contribution in [0.5, 0.6) is 5.75 Å². The van der Waals surface area contributed by atoms with E-state index in [4.69, 9.17) is 16.3 Å². The maximum atomic E-state index is 15.5. The number of hydrogen-bond acceptors (Lipinski definition) is 6. The summed E-state index contributed by atoms with van der Waals surface area (Å²) < 4.78 is 23.1. The summed E-state index contributed by atoms with van der Waals surface area (Å²) in [4.78, 5) is 49.1. The molecule has 10 nitrogen and oxygen atoms in total. The first-order chi connectivity index (χ1) is 21.5. The summed E-state index contributed by atoms with van der Waals surface area (Å²) in [5.74, 6) is -0.714. The Hall–Kier alpha value is -4.74. The molecule has 12 heteroatoms. The number of aryl methyl sites for hydroxylation is 1. The lowest BCUT2D eigenvalue weighted by molar-refractivity contribution is -0.122. The lowest BCUT2D eigenvalue weighted by Crippen LogP contribution is -2.45. The molecule has 0 aliphatic carbocycles. The largest absolute Gasteiger partial charge is 0.496 e. The minimum Gasteiger partial charge on any atom is -0.496 e. The molecule has 3 N–H and O–H groups in total. The van der Waals surface area contributed by atoms with E-state index in [0.717, 1.165) is 25.8 Å². The van der Waals surface area contributed by atoms with Crippen molar-refractivity contribution in [3.8, 4) is 28.0 Å². The number of rotatable bonds is 8. The van der Waals surface area contributed by atoms with Crippen LogP contribution in [0.25, 0.3) is 22.3 Å². The standard InChI is InChI=1S/C33H33ClFN5O5/c1-18-21(19-13-26(35)24(28(14-19)45-4)16-36-20-11-12-29(41)37-15-20)7-5-8-22(18)23-9-6-10-27(30(23)34)38-31(42)25-17-39(2)33(44)40(3)32(25)43/h5-10,13-14,17,20,36H,11-12,15-16H2,1-4H3,(H,37,41)(H,38,42). The van der Waals surface area contributed by atoms with Crippen molar-refractivity contribution >= 4 is 29.1 Å². The van der Waals surface area contributed by atoms with Gasteiger partial charge in [-0.25, -0.2) is 9.18 Å². The molecule has 45 heavy (non-hydrogen) atoms. The normalized spacial score (nSPS) is 14.6. The van der Waals surface area contributed by atoms with Gasteiger partial charge >= 0.3 is 5.69 Å². The van der Waals surface area contributed by atoms with Crippen LogP contribution < -0.4 is 31.9 Å². The molecule has 4 aromatic rings. The zero-order chi connectivity index (χ0) is 32.4. The Morgan fingerprint density at radius 1 is 1.09 bits per heavy atom. The van der Waals surface area contributed by atoms with Gasteiger partial charge in [-0.1, -0.05) is 41.9 Å². The van der Waals surface area contributed by atoms with Crippen LogP contribution in [0.4, 0.5) is 10.1 Å². The molecule has 0 radical (unpaired) electrons. The molecule has 1 fully saturated rings. The van der Waals surface area contributed by atoms with Gasteiger partial charge in [0.05, 0.1) is 17.8 Å². The number of carbonyl (C=O) groups excluding carboxylic acids is 2. The van der Waals surface area contributed by atoms with E-state index in [1.54, 1.807) is 24.3 Å². The monoisotopic (exact) mass is 633 g/mol. The minimum atomic E-state index is -0.724. The van der Waals surface area contributed by atoms with Crippen molar-refractivity contribution in [1.29, 1.82) is 0 Å². The van der Waals surface area contributed by atoms with Crippen molar-refractivity contribution in [2.75, 3.05) is 19.0 Å². The molecular formula is C33H33ClFN5O5. The topological polar surface area (TPSA) is 123 Å². The summed E-state index contributed by atoms with van der Waals surface area (Å²) >= 11 is 6.81. The first-order valence-electron chi connectivity index (χ1n) is 14.3. The number of amides is 2. The molecule has 1 atom stereocenters. The maximum absolute atomic E-state index is 15.5. The van der Waals surface area contributed by atoms with Gasteiger partial charge in [-0.3, -0.25) is 19.0 Å². The van der Waals surface area contributed by atoms with Gasteiger partial charge in [0, 0.05) is 57.0 Å². The predicted octanol–water partition coefficient (Wildman–Crippen LogP) is 4.15. The number of carbonyl (C=O) groups is 2. The Kier molecular flexibility index (Phi) is 9.21. The molecule has 1 aromatic heterocycles. The lowest BCUT2D eigenvalue weighted by Gasteiger charge is -2.24. The number of ether oxygens (including phenoxy) is 1. The first-order valence-corrected chi connectivity index (χ1v) is 14.7. The second-order valence-corrected chi connectivity index (χ2v) is 11.3. The Morgan fingerprint density at radius 2 is 1.80 bits per heavy atom. The van der Waals surface area contributed by atoms with E-state index in [0.29, 0.717) is 41.8 Å². The van der Waals surface area contributed by atoms with Gasteiger partial charge in [-0.2, -0.15) is 0 Å². The fourth-order valence-corrected chi connectivity index (χ4v) is 5.78. The lowest BCUT2D eigenvalue weighted by atomic mass is 9.91. The van der Waals surface area contributed by atoms with Crippen LogP contribution in [0.3, 0.4) is 0 Å². The number of benzene rings is 3. The van der Waals surface area contributed by atoms with Crippen LogP contribution in [-0.2, 0) is 25.4 Å². The second kappa shape index (κ2) is 13.1. The molecular weight excluding hydrogens is 601 g/mol. The molecule has 1 aliphatic rings. The molecule has 1 aliphatic heterocycles. The summed E-state index contributed by atoms with van der Waals surface area (Å²) in [6.45, 7) is 2.64. The summed E-state index contributed by atoms with van der Waals surface area (Å²) in [5.41, 5.74) is 2.77. The van der Waals surface area contributed by atoms with Gasteiger partial charge in [-0.05, 0) is 53.8 Å². The summed E-state index contributed by atoms with van der Waals surface area (Å²) in [7, 11) is 4.25. The van der Waals surface area contributed by atoms with Crippen molar-refractivity contribution < 1.29 is 18.7 Å². The molecule has 0 spiro atoms. The number of nitrogens with one attached hydrogen (secondary N) is 3. The number of aromatic nitrogens is 2. The fraction of sp³-hybridized carbons (Fsp3) is 0.273. The highest BCUT2D eigenvalue weighted by Gasteiger charge is 2.21. The highest BCUT2D eigenvalue weighted by molar-refractivity contribution is 6.36. The summed E-state index contributed by atoms with van der Waals surface area (Å²) in [6.07, 6.45) is 2.30. The molecule has 2 amide bonds. The Morgan fingerprint density at radius 3 is 2.51 bits per heavy atom. The van der Waals surface area contributed by atoms with Crippen LogP contribution in [-0.4, -0.2) is 40.6 Å². The number of nitrogens with zero attached hydrogens (tertiary/aromatic N) is 2. The van der Waals surface area contributed by atoms with Crippen LogP contribution in [0.1, 0.15) is 34.3 Å². The van der Waals surface area contributed by atoms with E-state index in [9.17, 15) is 19.2 Å². The van der Waals surface area contributed by atoms with Gasteiger partial charge < -0.3 is 25.3 Å². The first kappa shape index (κ1) is 31.7. The average Bonchev–Trinajstić information content (AvgIpc) is 3.03. The quantitative estimate of drug-likeness (QED) is 0.268. The van der Waals surface area contributed by atoms with Gasteiger partial charge in [0.25, 0.3) is 11.5 Å². The zero-order valence-corrected chi connectivity index (χ0v) is 26.0.